The van der Waals surface area contributed by atoms with Crippen LogP contribution in [0, 0.1) is 5.92 Å². The first-order chi connectivity index (χ1) is 12.7. The van der Waals surface area contributed by atoms with Gasteiger partial charge >= 0.3 is 0 Å². The van der Waals surface area contributed by atoms with Gasteiger partial charge in [-0.2, -0.15) is 5.10 Å². The second-order valence-electron chi connectivity index (χ2n) is 7.13. The Bertz CT molecular complexity index is 742. The molecule has 6 heteroatoms. The van der Waals surface area contributed by atoms with Gasteiger partial charge in [-0.1, -0.05) is 12.8 Å². The number of carbonyl (C=O) groups is 1. The van der Waals surface area contributed by atoms with Gasteiger partial charge in [-0.05, 0) is 32.8 Å². The zero-order valence-electron chi connectivity index (χ0n) is 15.7. The molecular formula is C20H27N3O3. The van der Waals surface area contributed by atoms with Gasteiger partial charge in [0.15, 0.2) is 17.8 Å². The molecule has 2 aromatic rings. The summed E-state index contributed by atoms with van der Waals surface area (Å²) in [4.78, 5) is 15.5. The molecule has 1 fully saturated rings. The molecular weight excluding hydrogens is 330 g/mol. The Morgan fingerprint density at radius 1 is 1.27 bits per heavy atom. The van der Waals surface area contributed by atoms with Gasteiger partial charge in [-0.15, -0.1) is 0 Å². The van der Waals surface area contributed by atoms with E-state index in [-0.39, 0.29) is 0 Å². The Morgan fingerprint density at radius 2 is 2.04 bits per heavy atom. The number of pyridine rings is 1. The Kier molecular flexibility index (Phi) is 5.91. The Balaban J connectivity index is 1.78. The van der Waals surface area contributed by atoms with Crippen LogP contribution in [0.15, 0.2) is 24.7 Å². The molecule has 140 valence electrons. The van der Waals surface area contributed by atoms with Crippen LogP contribution in [0.25, 0.3) is 0 Å². The van der Waals surface area contributed by atoms with Gasteiger partial charge in [-0.25, -0.2) is 0 Å². The third-order valence-electron chi connectivity index (χ3n) is 5.18. The first kappa shape index (κ1) is 18.4. The molecule has 2 aromatic heterocycles. The van der Waals surface area contributed by atoms with E-state index in [4.69, 9.17) is 9.47 Å². The van der Waals surface area contributed by atoms with Crippen molar-refractivity contribution < 1.29 is 14.3 Å². The van der Waals surface area contributed by atoms with Crippen LogP contribution in [0.4, 0.5) is 0 Å². The quantitative estimate of drug-likeness (QED) is 0.700. The molecule has 0 amide bonds. The highest BCUT2D eigenvalue weighted by molar-refractivity contribution is 5.83. The molecule has 6 nitrogen and oxygen atoms in total. The van der Waals surface area contributed by atoms with Gasteiger partial charge in [-0.3, -0.25) is 14.5 Å². The molecule has 0 radical (unpaired) electrons. The summed E-state index contributed by atoms with van der Waals surface area (Å²) >= 11 is 0. The molecule has 1 aliphatic rings. The Labute approximate surface area is 154 Å². The lowest BCUT2D eigenvalue weighted by molar-refractivity contribution is 0.111. The third kappa shape index (κ3) is 3.74. The predicted octanol–water partition coefficient (Wildman–Crippen LogP) is 4.03. The van der Waals surface area contributed by atoms with Gasteiger partial charge < -0.3 is 9.47 Å². The van der Waals surface area contributed by atoms with E-state index in [1.54, 1.807) is 6.20 Å². The van der Waals surface area contributed by atoms with Crippen molar-refractivity contribution in [3.05, 3.63) is 35.9 Å². The number of methoxy groups -OCH3 is 1. The van der Waals surface area contributed by atoms with Crippen molar-refractivity contribution in [3.8, 4) is 11.5 Å². The average molecular weight is 357 g/mol. The lowest BCUT2D eigenvalue weighted by Gasteiger charge is -2.32. The van der Waals surface area contributed by atoms with Gasteiger partial charge in [0.1, 0.15) is 5.56 Å². The normalized spacial score (nSPS) is 20.2. The van der Waals surface area contributed by atoms with Crippen LogP contribution in [0.2, 0.25) is 0 Å². The van der Waals surface area contributed by atoms with Crippen LogP contribution < -0.4 is 9.47 Å². The van der Waals surface area contributed by atoms with Crippen molar-refractivity contribution in [1.29, 1.82) is 0 Å². The van der Waals surface area contributed by atoms with Crippen molar-refractivity contribution in [2.75, 3.05) is 13.7 Å². The minimum absolute atomic E-state index is 0.341. The van der Waals surface area contributed by atoms with Crippen LogP contribution in [-0.2, 0) is 0 Å². The molecule has 0 bridgehead atoms. The maximum absolute atomic E-state index is 11.4. The van der Waals surface area contributed by atoms with E-state index in [1.807, 2.05) is 6.20 Å². The second-order valence-corrected chi connectivity index (χ2v) is 7.13. The van der Waals surface area contributed by atoms with Crippen LogP contribution in [0.1, 0.15) is 67.5 Å². The van der Waals surface area contributed by atoms with Crippen LogP contribution >= 0.6 is 0 Å². The number of nitrogens with zero attached hydrogens (tertiary/aromatic N) is 3. The standard InChI is InChI=1S/C20H27N3O3/c1-14(2)23-18(8-9-22-23)16-7-5-4-6-15(16)13-26-20-11-21-10-19(25-3)17(20)12-24/h8-12,14-16H,4-7,13H2,1-3H3. The number of rotatable bonds is 7. The summed E-state index contributed by atoms with van der Waals surface area (Å²) in [6.07, 6.45) is 10.5. The van der Waals surface area contributed by atoms with Crippen molar-refractivity contribution in [2.45, 2.75) is 51.5 Å². The second kappa shape index (κ2) is 8.34. The molecule has 1 saturated carbocycles. The Hall–Kier alpha value is -2.37. The summed E-state index contributed by atoms with van der Waals surface area (Å²) in [6.45, 7) is 4.87. The minimum Gasteiger partial charge on any atom is -0.494 e. The number of ether oxygens (including phenoxy) is 2. The predicted molar refractivity (Wildman–Crippen MR) is 99.0 cm³/mol. The van der Waals surface area contributed by atoms with Gasteiger partial charge in [0.05, 0.1) is 26.1 Å². The highest BCUT2D eigenvalue weighted by Gasteiger charge is 2.30. The minimum atomic E-state index is 0.341. The fraction of sp³-hybridized carbons (Fsp3) is 0.550. The number of aldehydes is 1. The van der Waals surface area contributed by atoms with E-state index in [9.17, 15) is 4.79 Å². The molecule has 1 aliphatic carbocycles. The molecule has 2 heterocycles. The molecule has 3 rings (SSSR count). The SMILES string of the molecule is COc1cncc(OCC2CCCCC2c2ccnn2C(C)C)c1C=O. The number of hydrogen-bond acceptors (Lipinski definition) is 5. The van der Waals surface area contributed by atoms with E-state index >= 15 is 0 Å². The van der Waals surface area contributed by atoms with Crippen molar-refractivity contribution in [3.63, 3.8) is 0 Å². The molecule has 0 spiro atoms. The molecule has 2 atom stereocenters. The molecule has 26 heavy (non-hydrogen) atoms. The molecule has 2 unspecified atom stereocenters. The summed E-state index contributed by atoms with van der Waals surface area (Å²) in [5.74, 6) is 1.74. The maximum Gasteiger partial charge on any atom is 0.157 e. The third-order valence-corrected chi connectivity index (χ3v) is 5.18. The smallest absolute Gasteiger partial charge is 0.157 e. The molecule has 0 saturated heterocycles. The summed E-state index contributed by atoms with van der Waals surface area (Å²) < 4.78 is 13.4. The molecule has 0 aliphatic heterocycles. The largest absolute Gasteiger partial charge is 0.494 e. The van der Waals surface area contributed by atoms with Crippen molar-refractivity contribution in [1.82, 2.24) is 14.8 Å². The van der Waals surface area contributed by atoms with Crippen LogP contribution in [0.3, 0.4) is 0 Å². The summed E-state index contributed by atoms with van der Waals surface area (Å²) in [5.41, 5.74) is 1.70. The van der Waals surface area contributed by atoms with Gasteiger partial charge in [0, 0.05) is 29.8 Å². The van der Waals surface area contributed by atoms with Crippen LogP contribution in [-0.4, -0.2) is 34.8 Å². The number of carbonyl (C=O) groups excluding carboxylic acids is 1. The first-order valence-electron chi connectivity index (χ1n) is 9.29. The molecule has 0 N–H and O–H groups in total. The summed E-state index contributed by atoms with van der Waals surface area (Å²) in [7, 11) is 1.53. The topological polar surface area (TPSA) is 66.2 Å². The van der Waals surface area contributed by atoms with E-state index in [1.165, 1.54) is 31.8 Å². The highest BCUT2D eigenvalue weighted by Crippen LogP contribution is 2.39. The van der Waals surface area contributed by atoms with Gasteiger partial charge in [0.2, 0.25) is 0 Å². The monoisotopic (exact) mass is 357 g/mol. The number of aromatic nitrogens is 3. The lowest BCUT2D eigenvalue weighted by atomic mass is 9.77. The zero-order valence-corrected chi connectivity index (χ0v) is 15.7. The summed E-state index contributed by atoms with van der Waals surface area (Å²) in [5, 5.41) is 4.50. The number of hydrogen-bond donors (Lipinski definition) is 0. The zero-order chi connectivity index (χ0) is 18.5. The van der Waals surface area contributed by atoms with Crippen LogP contribution in [0.5, 0.6) is 11.5 Å². The highest BCUT2D eigenvalue weighted by atomic mass is 16.5. The van der Waals surface area contributed by atoms with Gasteiger partial charge in [0.25, 0.3) is 0 Å². The van der Waals surface area contributed by atoms with Crippen molar-refractivity contribution >= 4 is 6.29 Å². The fourth-order valence-corrected chi connectivity index (χ4v) is 3.87. The maximum atomic E-state index is 11.4. The van der Waals surface area contributed by atoms with E-state index in [2.05, 4.69) is 34.7 Å². The van der Waals surface area contributed by atoms with E-state index < -0.39 is 0 Å². The lowest BCUT2D eigenvalue weighted by Crippen LogP contribution is -2.26. The van der Waals surface area contributed by atoms with Crippen molar-refractivity contribution in [2.24, 2.45) is 5.92 Å². The van der Waals surface area contributed by atoms with E-state index in [0.717, 1.165) is 19.1 Å². The summed E-state index contributed by atoms with van der Waals surface area (Å²) in [6, 6.07) is 2.47. The van der Waals surface area contributed by atoms with E-state index in [0.29, 0.717) is 41.5 Å². The molecule has 0 aromatic carbocycles. The Morgan fingerprint density at radius 3 is 2.77 bits per heavy atom. The first-order valence-corrected chi connectivity index (χ1v) is 9.29. The average Bonchev–Trinajstić information content (AvgIpc) is 3.16. The fourth-order valence-electron chi connectivity index (χ4n) is 3.87.